The molecule has 0 radical (unpaired) electrons. The number of nitrogens with zero attached hydrogens (tertiary/aromatic N) is 3. The van der Waals surface area contributed by atoms with Crippen molar-refractivity contribution in [1.82, 2.24) is 14.9 Å². The summed E-state index contributed by atoms with van der Waals surface area (Å²) in [4.78, 5) is 35.7. The lowest BCUT2D eigenvalue weighted by atomic mass is 10.1. The van der Waals surface area contributed by atoms with Gasteiger partial charge in [0, 0.05) is 41.4 Å². The van der Waals surface area contributed by atoms with Crippen molar-refractivity contribution in [2.75, 3.05) is 23.7 Å². The Bertz CT molecular complexity index is 1100. The number of carbonyl (C=O) groups is 2. The van der Waals surface area contributed by atoms with Gasteiger partial charge in [-0.2, -0.15) is 0 Å². The molecule has 2 N–H and O–H groups in total. The van der Waals surface area contributed by atoms with Gasteiger partial charge in [-0.15, -0.1) is 0 Å². The highest BCUT2D eigenvalue weighted by atomic mass is 16.2. The first-order valence-electron chi connectivity index (χ1n) is 10.8. The molecule has 0 saturated carbocycles. The Morgan fingerprint density at radius 3 is 2.28 bits per heavy atom. The van der Waals surface area contributed by atoms with E-state index in [1.54, 1.807) is 12.1 Å². The van der Waals surface area contributed by atoms with Crippen LogP contribution in [0.25, 0.3) is 0 Å². The number of likely N-dealkylation sites (tertiary alicyclic amines) is 1. The lowest BCUT2D eigenvalue weighted by molar-refractivity contribution is -0.129. The molecule has 32 heavy (non-hydrogen) atoms. The van der Waals surface area contributed by atoms with E-state index in [2.05, 4.69) is 20.6 Å². The SMILES string of the molecule is Cc1cc(C)nc(Nc2cccc(C(=O)Nc3ccc(CC(=O)N4CCCC4)cc3)c2)n1. The summed E-state index contributed by atoms with van der Waals surface area (Å²) >= 11 is 0. The van der Waals surface area contributed by atoms with E-state index >= 15 is 0 Å². The number of anilines is 3. The monoisotopic (exact) mass is 429 g/mol. The molecule has 2 aromatic carbocycles. The lowest BCUT2D eigenvalue weighted by Crippen LogP contribution is -2.29. The number of aryl methyl sites for hydroxylation is 2. The van der Waals surface area contributed by atoms with Gasteiger partial charge >= 0.3 is 0 Å². The predicted molar refractivity (Wildman–Crippen MR) is 125 cm³/mol. The Kier molecular flexibility index (Phi) is 6.44. The molecule has 1 aliphatic heterocycles. The van der Waals surface area contributed by atoms with Gasteiger partial charge in [-0.3, -0.25) is 9.59 Å². The second-order valence-corrected chi connectivity index (χ2v) is 8.10. The highest BCUT2D eigenvalue weighted by molar-refractivity contribution is 6.04. The Balaban J connectivity index is 1.38. The van der Waals surface area contributed by atoms with Crippen LogP contribution in [0.15, 0.2) is 54.6 Å². The van der Waals surface area contributed by atoms with Crippen LogP contribution in [0.2, 0.25) is 0 Å². The van der Waals surface area contributed by atoms with E-state index in [1.165, 1.54) is 0 Å². The number of benzene rings is 2. The summed E-state index contributed by atoms with van der Waals surface area (Å²) in [7, 11) is 0. The summed E-state index contributed by atoms with van der Waals surface area (Å²) in [5.74, 6) is 0.450. The summed E-state index contributed by atoms with van der Waals surface area (Å²) < 4.78 is 0. The van der Waals surface area contributed by atoms with Crippen molar-refractivity contribution < 1.29 is 9.59 Å². The number of hydrogen-bond donors (Lipinski definition) is 2. The maximum atomic E-state index is 12.7. The third kappa shape index (κ3) is 5.49. The highest BCUT2D eigenvalue weighted by Crippen LogP contribution is 2.18. The number of carbonyl (C=O) groups excluding carboxylic acids is 2. The fourth-order valence-electron chi connectivity index (χ4n) is 3.81. The molecule has 7 heteroatoms. The van der Waals surface area contributed by atoms with Crippen molar-refractivity contribution in [1.29, 1.82) is 0 Å². The van der Waals surface area contributed by atoms with E-state index < -0.39 is 0 Å². The van der Waals surface area contributed by atoms with Gasteiger partial charge < -0.3 is 15.5 Å². The summed E-state index contributed by atoms with van der Waals surface area (Å²) in [5.41, 5.74) is 4.63. The average Bonchev–Trinajstić information content (AvgIpc) is 3.30. The van der Waals surface area contributed by atoms with Crippen LogP contribution >= 0.6 is 0 Å². The minimum atomic E-state index is -0.212. The standard InChI is InChI=1S/C25H27N5O2/c1-17-14-18(2)27-25(26-17)29-22-7-5-6-20(16-22)24(32)28-21-10-8-19(9-11-21)15-23(31)30-12-3-4-13-30/h5-11,14,16H,3-4,12-13,15H2,1-2H3,(H,28,32)(H,26,27,29). The Morgan fingerprint density at radius 2 is 1.59 bits per heavy atom. The second kappa shape index (κ2) is 9.60. The zero-order chi connectivity index (χ0) is 22.5. The van der Waals surface area contributed by atoms with Crippen LogP contribution in [0.3, 0.4) is 0 Å². The molecule has 2 amide bonds. The van der Waals surface area contributed by atoms with Gasteiger partial charge in [0.2, 0.25) is 11.9 Å². The zero-order valence-electron chi connectivity index (χ0n) is 18.4. The molecule has 0 aliphatic carbocycles. The Labute approximate surface area is 187 Å². The number of rotatable bonds is 6. The van der Waals surface area contributed by atoms with Gasteiger partial charge in [-0.1, -0.05) is 18.2 Å². The van der Waals surface area contributed by atoms with Gasteiger partial charge in [0.1, 0.15) is 0 Å². The number of nitrogens with one attached hydrogen (secondary N) is 2. The van der Waals surface area contributed by atoms with Crippen molar-refractivity contribution >= 4 is 29.1 Å². The maximum absolute atomic E-state index is 12.7. The number of aromatic nitrogens is 2. The summed E-state index contributed by atoms with van der Waals surface area (Å²) in [6.07, 6.45) is 2.57. The summed E-state index contributed by atoms with van der Waals surface area (Å²) in [5, 5.41) is 6.07. The molecule has 2 heterocycles. The van der Waals surface area contributed by atoms with Crippen molar-refractivity contribution in [3.63, 3.8) is 0 Å². The minimum Gasteiger partial charge on any atom is -0.342 e. The van der Waals surface area contributed by atoms with E-state index in [0.29, 0.717) is 23.6 Å². The predicted octanol–water partition coefficient (Wildman–Crippen LogP) is 4.25. The van der Waals surface area contributed by atoms with Crippen LogP contribution in [-0.4, -0.2) is 39.8 Å². The van der Waals surface area contributed by atoms with Crippen molar-refractivity contribution in [2.45, 2.75) is 33.1 Å². The topological polar surface area (TPSA) is 87.2 Å². The molecule has 1 aromatic heterocycles. The zero-order valence-corrected chi connectivity index (χ0v) is 18.4. The third-order valence-electron chi connectivity index (χ3n) is 5.39. The van der Waals surface area contributed by atoms with Crippen LogP contribution in [0, 0.1) is 13.8 Å². The van der Waals surface area contributed by atoms with E-state index in [0.717, 1.165) is 48.6 Å². The Hall–Kier alpha value is -3.74. The van der Waals surface area contributed by atoms with E-state index in [-0.39, 0.29) is 11.8 Å². The van der Waals surface area contributed by atoms with E-state index in [9.17, 15) is 9.59 Å². The van der Waals surface area contributed by atoms with E-state index in [1.807, 2.05) is 61.2 Å². The van der Waals surface area contributed by atoms with Crippen molar-refractivity contribution in [2.24, 2.45) is 0 Å². The Morgan fingerprint density at radius 1 is 0.906 bits per heavy atom. The first-order chi connectivity index (χ1) is 15.5. The summed E-state index contributed by atoms with van der Waals surface area (Å²) in [6, 6.07) is 16.5. The third-order valence-corrected chi connectivity index (χ3v) is 5.39. The van der Waals surface area contributed by atoms with Crippen LogP contribution in [0.1, 0.15) is 40.2 Å². The van der Waals surface area contributed by atoms with Gasteiger partial charge in [0.05, 0.1) is 6.42 Å². The van der Waals surface area contributed by atoms with Crippen LogP contribution < -0.4 is 10.6 Å². The van der Waals surface area contributed by atoms with Crippen LogP contribution in [0.5, 0.6) is 0 Å². The van der Waals surface area contributed by atoms with E-state index in [4.69, 9.17) is 0 Å². The molecule has 4 rings (SSSR count). The van der Waals surface area contributed by atoms with Crippen molar-refractivity contribution in [3.05, 3.63) is 77.1 Å². The largest absolute Gasteiger partial charge is 0.342 e. The normalized spacial score (nSPS) is 13.1. The molecule has 0 bridgehead atoms. The molecule has 3 aromatic rings. The lowest BCUT2D eigenvalue weighted by Gasteiger charge is -2.15. The smallest absolute Gasteiger partial charge is 0.255 e. The highest BCUT2D eigenvalue weighted by Gasteiger charge is 2.18. The molecule has 0 unspecified atom stereocenters. The number of hydrogen-bond acceptors (Lipinski definition) is 5. The minimum absolute atomic E-state index is 0.163. The molecule has 0 spiro atoms. The number of amides is 2. The van der Waals surface area contributed by atoms with Gasteiger partial charge in [0.15, 0.2) is 0 Å². The molecular weight excluding hydrogens is 402 g/mol. The van der Waals surface area contributed by atoms with Gasteiger partial charge in [0.25, 0.3) is 5.91 Å². The fourth-order valence-corrected chi connectivity index (χ4v) is 3.81. The fraction of sp³-hybridized carbons (Fsp3) is 0.280. The van der Waals surface area contributed by atoms with Gasteiger partial charge in [-0.05, 0) is 68.7 Å². The molecule has 1 saturated heterocycles. The maximum Gasteiger partial charge on any atom is 0.255 e. The van der Waals surface area contributed by atoms with Crippen LogP contribution in [0.4, 0.5) is 17.3 Å². The molecule has 1 fully saturated rings. The van der Waals surface area contributed by atoms with Crippen LogP contribution in [-0.2, 0) is 11.2 Å². The molecule has 164 valence electrons. The second-order valence-electron chi connectivity index (χ2n) is 8.10. The van der Waals surface area contributed by atoms with Crippen molar-refractivity contribution in [3.8, 4) is 0 Å². The first kappa shape index (κ1) is 21.5. The molecule has 0 atom stereocenters. The van der Waals surface area contributed by atoms with Gasteiger partial charge in [-0.25, -0.2) is 9.97 Å². The molecule has 7 nitrogen and oxygen atoms in total. The molecular formula is C25H27N5O2. The average molecular weight is 430 g/mol. The molecule has 1 aliphatic rings. The summed E-state index contributed by atoms with van der Waals surface area (Å²) in [6.45, 7) is 5.54. The quantitative estimate of drug-likeness (QED) is 0.612. The first-order valence-corrected chi connectivity index (χ1v) is 10.8.